The number of anilines is 1. The number of sulfone groups is 1. The van der Waals surface area contributed by atoms with E-state index in [-0.39, 0.29) is 29.0 Å². The van der Waals surface area contributed by atoms with Crippen molar-refractivity contribution in [1.29, 1.82) is 0 Å². The van der Waals surface area contributed by atoms with Crippen LogP contribution in [0.2, 0.25) is 0 Å². The zero-order chi connectivity index (χ0) is 26.3. The topological polar surface area (TPSA) is 146 Å². The van der Waals surface area contributed by atoms with Gasteiger partial charge < -0.3 is 5.32 Å². The summed E-state index contributed by atoms with van der Waals surface area (Å²) in [6.07, 6.45) is 8.70. The van der Waals surface area contributed by atoms with Gasteiger partial charge in [0.05, 0.1) is 23.3 Å². The number of hydrogen-bond donors (Lipinski definition) is 1. The Balaban J connectivity index is 1.55. The molecule has 11 nitrogen and oxygen atoms in total. The highest BCUT2D eigenvalue weighted by Crippen LogP contribution is 2.43. The third-order valence-corrected chi connectivity index (χ3v) is 7.56. The Hall–Kier alpha value is -3.80. The molecule has 1 atom stereocenters. The van der Waals surface area contributed by atoms with E-state index in [0.717, 1.165) is 36.0 Å². The van der Waals surface area contributed by atoms with Gasteiger partial charge in [0.25, 0.3) is 5.56 Å². The predicted molar refractivity (Wildman–Crippen MR) is 139 cm³/mol. The summed E-state index contributed by atoms with van der Waals surface area (Å²) in [5, 5.41) is 3.06. The van der Waals surface area contributed by atoms with Crippen LogP contribution >= 0.6 is 0 Å². The van der Waals surface area contributed by atoms with E-state index >= 15 is 0 Å². The lowest BCUT2D eigenvalue weighted by Gasteiger charge is -2.18. The molecule has 0 amide bonds. The third kappa shape index (κ3) is 4.93. The van der Waals surface area contributed by atoms with Crippen molar-refractivity contribution in [1.82, 2.24) is 34.5 Å². The zero-order valence-electron chi connectivity index (χ0n) is 21.1. The van der Waals surface area contributed by atoms with Crippen molar-refractivity contribution in [3.63, 3.8) is 0 Å². The first-order chi connectivity index (χ1) is 17.7. The fourth-order valence-corrected chi connectivity index (χ4v) is 4.76. The van der Waals surface area contributed by atoms with Crippen molar-refractivity contribution in [3.8, 4) is 11.3 Å². The van der Waals surface area contributed by atoms with E-state index < -0.39 is 9.84 Å². The van der Waals surface area contributed by atoms with E-state index in [1.807, 2.05) is 20.8 Å². The molecule has 1 fully saturated rings. The Labute approximate surface area is 214 Å². The number of hydrogen-bond acceptors (Lipinski definition) is 10. The van der Waals surface area contributed by atoms with Crippen LogP contribution in [0.1, 0.15) is 62.0 Å². The quantitative estimate of drug-likeness (QED) is 0.367. The van der Waals surface area contributed by atoms with Gasteiger partial charge in [-0.1, -0.05) is 13.0 Å². The number of pyridine rings is 1. The molecule has 0 saturated heterocycles. The van der Waals surface area contributed by atoms with Gasteiger partial charge in [0.2, 0.25) is 0 Å². The standard InChI is InChI=1S/C25H28N8O3S/c1-5-14(2)33-24-22(28-12-18(31-24)20-15(3)29-13-30-21(20)17-7-8-17)32-23(25(33)34)27-11-16-6-9-19(26-10-16)37(4,35)36/h6,9-10,12-14,17H,5,7-8,11H2,1-4H3,(H,27,28,32)/t14-/m0/s1. The van der Waals surface area contributed by atoms with E-state index in [1.165, 1.54) is 12.3 Å². The second-order valence-electron chi connectivity index (χ2n) is 9.42. The number of nitrogens with one attached hydrogen (secondary N) is 1. The van der Waals surface area contributed by atoms with Crippen LogP contribution < -0.4 is 10.9 Å². The van der Waals surface area contributed by atoms with E-state index in [4.69, 9.17) is 4.98 Å². The van der Waals surface area contributed by atoms with E-state index in [2.05, 4.69) is 30.2 Å². The second-order valence-corrected chi connectivity index (χ2v) is 11.4. The Kier molecular flexibility index (Phi) is 6.44. The molecular weight excluding hydrogens is 492 g/mol. The first-order valence-corrected chi connectivity index (χ1v) is 14.1. The summed E-state index contributed by atoms with van der Waals surface area (Å²) in [6, 6.07) is 2.95. The van der Waals surface area contributed by atoms with Crippen LogP contribution in [-0.4, -0.2) is 49.1 Å². The third-order valence-electron chi connectivity index (χ3n) is 6.56. The predicted octanol–water partition coefficient (Wildman–Crippen LogP) is 3.21. The van der Waals surface area contributed by atoms with Crippen molar-refractivity contribution in [2.24, 2.45) is 0 Å². The molecule has 0 bridgehead atoms. The molecule has 0 aliphatic heterocycles. The lowest BCUT2D eigenvalue weighted by molar-refractivity contribution is 0.526. The van der Waals surface area contributed by atoms with E-state index in [9.17, 15) is 13.2 Å². The van der Waals surface area contributed by atoms with Crippen LogP contribution in [-0.2, 0) is 16.4 Å². The summed E-state index contributed by atoms with van der Waals surface area (Å²) in [5.41, 5.74) is 4.45. The molecule has 0 unspecified atom stereocenters. The van der Waals surface area contributed by atoms with Crippen LogP contribution in [0.4, 0.5) is 5.82 Å². The van der Waals surface area contributed by atoms with Crippen molar-refractivity contribution >= 4 is 26.9 Å². The Morgan fingerprint density at radius 1 is 1.11 bits per heavy atom. The maximum absolute atomic E-state index is 13.5. The largest absolute Gasteiger partial charge is 0.361 e. The molecule has 12 heteroatoms. The van der Waals surface area contributed by atoms with Gasteiger partial charge in [-0.05, 0) is 44.7 Å². The molecule has 1 saturated carbocycles. The molecule has 192 valence electrons. The molecule has 0 spiro atoms. The van der Waals surface area contributed by atoms with Crippen LogP contribution in [0.5, 0.6) is 0 Å². The van der Waals surface area contributed by atoms with Crippen LogP contribution in [0.3, 0.4) is 0 Å². The number of nitrogens with zero attached hydrogens (tertiary/aromatic N) is 7. The summed E-state index contributed by atoms with van der Waals surface area (Å²) in [6.45, 7) is 6.13. The zero-order valence-corrected chi connectivity index (χ0v) is 21.9. The number of aromatic nitrogens is 7. The van der Waals surface area contributed by atoms with Crippen LogP contribution in [0, 0.1) is 6.92 Å². The first kappa shape index (κ1) is 24.9. The smallest absolute Gasteiger partial charge is 0.295 e. The lowest BCUT2D eigenvalue weighted by atomic mass is 10.1. The Bertz CT molecular complexity index is 1650. The SMILES string of the molecule is CC[C@H](C)n1c(=O)c(NCc2ccc(S(C)(=O)=O)nc2)nc2ncc(-c3c(C)ncnc3C3CC3)nc21. The molecule has 4 aromatic heterocycles. The molecule has 0 radical (unpaired) electrons. The monoisotopic (exact) mass is 520 g/mol. The molecule has 37 heavy (non-hydrogen) atoms. The fraction of sp³-hybridized carbons (Fsp3) is 0.400. The molecule has 1 aliphatic rings. The number of aryl methyl sites for hydroxylation is 1. The van der Waals surface area contributed by atoms with Gasteiger partial charge in [-0.15, -0.1) is 0 Å². The number of rotatable bonds is 8. The Morgan fingerprint density at radius 3 is 2.54 bits per heavy atom. The lowest BCUT2D eigenvalue weighted by Crippen LogP contribution is -2.28. The summed E-state index contributed by atoms with van der Waals surface area (Å²) >= 11 is 0. The molecular formula is C25H28N8O3S. The van der Waals surface area contributed by atoms with Gasteiger partial charge in [-0.25, -0.2) is 38.3 Å². The molecule has 4 heterocycles. The van der Waals surface area contributed by atoms with Gasteiger partial charge in [-0.3, -0.25) is 9.36 Å². The Morgan fingerprint density at radius 2 is 1.89 bits per heavy atom. The molecule has 1 N–H and O–H groups in total. The average molecular weight is 521 g/mol. The average Bonchev–Trinajstić information content (AvgIpc) is 3.72. The minimum absolute atomic E-state index is 0.00539. The number of fused-ring (bicyclic) bond motifs is 1. The molecule has 4 aromatic rings. The fourth-order valence-electron chi connectivity index (χ4n) is 4.20. The second kappa shape index (κ2) is 9.58. The summed E-state index contributed by atoms with van der Waals surface area (Å²) < 4.78 is 24.9. The van der Waals surface area contributed by atoms with Crippen LogP contribution in [0.25, 0.3) is 22.6 Å². The summed E-state index contributed by atoms with van der Waals surface area (Å²) in [7, 11) is -3.39. The highest BCUT2D eigenvalue weighted by Gasteiger charge is 2.30. The van der Waals surface area contributed by atoms with Gasteiger partial charge in [-0.2, -0.15) is 0 Å². The maximum Gasteiger partial charge on any atom is 0.295 e. The highest BCUT2D eigenvalue weighted by atomic mass is 32.2. The van der Waals surface area contributed by atoms with Gasteiger partial charge in [0.15, 0.2) is 32.0 Å². The maximum atomic E-state index is 13.5. The van der Waals surface area contributed by atoms with Crippen LogP contribution in [0.15, 0.2) is 40.7 Å². The normalized spacial score (nSPS) is 14.6. The summed E-state index contributed by atoms with van der Waals surface area (Å²) in [5.74, 6) is 0.539. The minimum atomic E-state index is -3.39. The van der Waals surface area contributed by atoms with E-state index in [0.29, 0.717) is 34.9 Å². The van der Waals surface area contributed by atoms with Crippen molar-refractivity contribution in [2.75, 3.05) is 11.6 Å². The van der Waals surface area contributed by atoms with Crippen molar-refractivity contribution in [2.45, 2.75) is 63.6 Å². The van der Waals surface area contributed by atoms with Gasteiger partial charge in [0, 0.05) is 36.5 Å². The van der Waals surface area contributed by atoms with Crippen molar-refractivity contribution in [3.05, 3.63) is 58.2 Å². The molecule has 5 rings (SSSR count). The highest BCUT2D eigenvalue weighted by molar-refractivity contribution is 7.90. The molecule has 0 aromatic carbocycles. The van der Waals surface area contributed by atoms with Crippen molar-refractivity contribution < 1.29 is 8.42 Å². The summed E-state index contributed by atoms with van der Waals surface area (Å²) in [4.78, 5) is 40.4. The van der Waals surface area contributed by atoms with Gasteiger partial charge in [0.1, 0.15) is 6.33 Å². The van der Waals surface area contributed by atoms with Gasteiger partial charge >= 0.3 is 0 Å². The van der Waals surface area contributed by atoms with E-state index in [1.54, 1.807) is 23.2 Å². The molecule has 1 aliphatic carbocycles. The minimum Gasteiger partial charge on any atom is -0.361 e. The first-order valence-electron chi connectivity index (χ1n) is 12.2.